The van der Waals surface area contributed by atoms with E-state index in [0.717, 1.165) is 0 Å². The van der Waals surface area contributed by atoms with E-state index in [1.54, 1.807) is 36.0 Å². The predicted octanol–water partition coefficient (Wildman–Crippen LogP) is 0.640. The van der Waals surface area contributed by atoms with Gasteiger partial charge in [0.1, 0.15) is 0 Å². The van der Waals surface area contributed by atoms with Crippen molar-refractivity contribution in [3.63, 3.8) is 0 Å². The lowest BCUT2D eigenvalue weighted by Gasteiger charge is -2.18. The normalized spacial score (nSPS) is 17.9. The van der Waals surface area contributed by atoms with E-state index in [4.69, 9.17) is 4.74 Å². The third-order valence-corrected chi connectivity index (χ3v) is 3.46. The molecule has 1 aromatic heterocycles. The van der Waals surface area contributed by atoms with Crippen molar-refractivity contribution in [1.29, 1.82) is 0 Å². The first-order valence-electron chi connectivity index (χ1n) is 6.53. The van der Waals surface area contributed by atoms with Crippen LogP contribution in [0.5, 0.6) is 5.88 Å². The number of rotatable bonds is 3. The van der Waals surface area contributed by atoms with E-state index in [1.165, 1.54) is 13.3 Å². The van der Waals surface area contributed by atoms with Gasteiger partial charge in [-0.1, -0.05) is 0 Å². The highest BCUT2D eigenvalue weighted by Crippen LogP contribution is 2.20. The molecular weight excluding hydrogens is 258 g/mol. The fourth-order valence-electron chi connectivity index (χ4n) is 2.32. The largest absolute Gasteiger partial charge is 0.481 e. The van der Waals surface area contributed by atoms with Crippen LogP contribution in [-0.2, 0) is 4.79 Å². The van der Waals surface area contributed by atoms with E-state index < -0.39 is 0 Å². The van der Waals surface area contributed by atoms with Crippen molar-refractivity contribution in [2.75, 3.05) is 34.3 Å². The van der Waals surface area contributed by atoms with E-state index in [0.29, 0.717) is 31.0 Å². The molecule has 1 aromatic rings. The molecule has 0 N–H and O–H groups in total. The molecule has 0 spiro atoms. The Morgan fingerprint density at radius 3 is 2.70 bits per heavy atom. The van der Waals surface area contributed by atoms with Crippen molar-refractivity contribution in [2.24, 2.45) is 5.92 Å². The number of hydrogen-bond donors (Lipinski definition) is 0. The number of nitrogens with zero attached hydrogens (tertiary/aromatic N) is 3. The molecule has 1 unspecified atom stereocenters. The first-order valence-corrected chi connectivity index (χ1v) is 6.53. The molecule has 1 aliphatic heterocycles. The van der Waals surface area contributed by atoms with Gasteiger partial charge in [0.25, 0.3) is 5.91 Å². The summed E-state index contributed by atoms with van der Waals surface area (Å²) in [6, 6.07) is 3.35. The molecule has 0 aliphatic carbocycles. The Morgan fingerprint density at radius 2 is 2.15 bits per heavy atom. The average molecular weight is 277 g/mol. The molecule has 1 fully saturated rings. The first kappa shape index (κ1) is 14.3. The van der Waals surface area contributed by atoms with Crippen LogP contribution in [-0.4, -0.2) is 60.9 Å². The van der Waals surface area contributed by atoms with Gasteiger partial charge in [-0.25, -0.2) is 4.98 Å². The van der Waals surface area contributed by atoms with Crippen molar-refractivity contribution >= 4 is 11.8 Å². The summed E-state index contributed by atoms with van der Waals surface area (Å²) in [6.45, 7) is 1.08. The molecule has 0 radical (unpaired) electrons. The Bertz CT molecular complexity index is 499. The van der Waals surface area contributed by atoms with Crippen molar-refractivity contribution in [3.05, 3.63) is 23.9 Å². The van der Waals surface area contributed by atoms with Crippen molar-refractivity contribution < 1.29 is 14.3 Å². The highest BCUT2D eigenvalue weighted by molar-refractivity contribution is 5.94. The van der Waals surface area contributed by atoms with Gasteiger partial charge in [0.05, 0.1) is 18.6 Å². The topological polar surface area (TPSA) is 62.7 Å². The summed E-state index contributed by atoms with van der Waals surface area (Å²) in [5.41, 5.74) is 0.517. The van der Waals surface area contributed by atoms with Crippen LogP contribution in [0.15, 0.2) is 18.3 Å². The maximum absolute atomic E-state index is 12.3. The van der Waals surface area contributed by atoms with Crippen LogP contribution in [0, 0.1) is 5.92 Å². The second-order valence-electron chi connectivity index (χ2n) is 5.06. The van der Waals surface area contributed by atoms with Crippen molar-refractivity contribution in [2.45, 2.75) is 6.42 Å². The smallest absolute Gasteiger partial charge is 0.255 e. The van der Waals surface area contributed by atoms with Crippen LogP contribution in [0.25, 0.3) is 0 Å². The highest BCUT2D eigenvalue weighted by atomic mass is 16.5. The third-order valence-electron chi connectivity index (χ3n) is 3.46. The number of likely N-dealkylation sites (tertiary alicyclic amines) is 1. The van der Waals surface area contributed by atoms with E-state index in [1.807, 2.05) is 0 Å². The van der Waals surface area contributed by atoms with Gasteiger partial charge in [0.15, 0.2) is 0 Å². The molecule has 2 amide bonds. The zero-order valence-electron chi connectivity index (χ0n) is 12.0. The highest BCUT2D eigenvalue weighted by Gasteiger charge is 2.32. The molecule has 20 heavy (non-hydrogen) atoms. The number of amides is 2. The van der Waals surface area contributed by atoms with Gasteiger partial charge in [0, 0.05) is 39.4 Å². The van der Waals surface area contributed by atoms with E-state index in [2.05, 4.69) is 4.98 Å². The number of pyridine rings is 1. The third kappa shape index (κ3) is 2.89. The average Bonchev–Trinajstić information content (AvgIpc) is 2.95. The minimum absolute atomic E-state index is 0.0770. The Labute approximate surface area is 118 Å². The molecule has 1 saturated heterocycles. The maximum atomic E-state index is 12.3. The number of carbonyl (C=O) groups is 2. The standard InChI is InChI=1S/C14H19N3O3/c1-16(2)13(18)11-6-7-17(9-11)14(19)10-4-5-12(20-3)15-8-10/h4-5,8,11H,6-7,9H2,1-3H3. The maximum Gasteiger partial charge on any atom is 0.255 e. The number of carbonyl (C=O) groups excluding carboxylic acids is 2. The van der Waals surface area contributed by atoms with Gasteiger partial charge in [-0.2, -0.15) is 0 Å². The Hall–Kier alpha value is -2.11. The summed E-state index contributed by atoms with van der Waals surface area (Å²) in [7, 11) is 5.00. The molecule has 0 bridgehead atoms. The molecule has 6 nitrogen and oxygen atoms in total. The van der Waals surface area contributed by atoms with Gasteiger partial charge in [-0.05, 0) is 12.5 Å². The van der Waals surface area contributed by atoms with Crippen molar-refractivity contribution in [3.8, 4) is 5.88 Å². The summed E-state index contributed by atoms with van der Waals surface area (Å²) >= 11 is 0. The molecule has 6 heteroatoms. The molecule has 2 heterocycles. The second kappa shape index (κ2) is 5.90. The monoisotopic (exact) mass is 277 g/mol. The van der Waals surface area contributed by atoms with Crippen LogP contribution in [0.3, 0.4) is 0 Å². The summed E-state index contributed by atoms with van der Waals surface area (Å²) < 4.78 is 4.96. The van der Waals surface area contributed by atoms with E-state index in [9.17, 15) is 9.59 Å². The summed E-state index contributed by atoms with van der Waals surface area (Å²) in [4.78, 5) is 31.5. The number of hydrogen-bond acceptors (Lipinski definition) is 4. The van der Waals surface area contributed by atoms with Gasteiger partial charge in [-0.3, -0.25) is 9.59 Å². The van der Waals surface area contributed by atoms with Gasteiger partial charge in [-0.15, -0.1) is 0 Å². The Morgan fingerprint density at radius 1 is 1.40 bits per heavy atom. The molecule has 1 aliphatic rings. The lowest BCUT2D eigenvalue weighted by molar-refractivity contribution is -0.132. The fraction of sp³-hybridized carbons (Fsp3) is 0.500. The fourth-order valence-corrected chi connectivity index (χ4v) is 2.32. The summed E-state index contributed by atoms with van der Waals surface area (Å²) in [6.07, 6.45) is 2.22. The van der Waals surface area contributed by atoms with E-state index in [-0.39, 0.29) is 17.7 Å². The molecule has 0 aromatic carbocycles. The number of methoxy groups -OCH3 is 1. The number of ether oxygens (including phenoxy) is 1. The van der Waals surface area contributed by atoms with Gasteiger partial charge in [0.2, 0.25) is 11.8 Å². The van der Waals surface area contributed by atoms with Gasteiger partial charge >= 0.3 is 0 Å². The minimum atomic E-state index is -0.0971. The summed E-state index contributed by atoms with van der Waals surface area (Å²) in [5, 5.41) is 0. The SMILES string of the molecule is COc1ccc(C(=O)N2CCC(C(=O)N(C)C)C2)cn1. The molecule has 1 atom stereocenters. The van der Waals surface area contributed by atoms with Crippen LogP contribution in [0.4, 0.5) is 0 Å². The molecule has 108 valence electrons. The van der Waals surface area contributed by atoms with Crippen LogP contribution in [0.2, 0.25) is 0 Å². The second-order valence-corrected chi connectivity index (χ2v) is 5.06. The van der Waals surface area contributed by atoms with Gasteiger partial charge < -0.3 is 14.5 Å². The van der Waals surface area contributed by atoms with Crippen molar-refractivity contribution in [1.82, 2.24) is 14.8 Å². The molecular formula is C14H19N3O3. The zero-order chi connectivity index (χ0) is 14.7. The Kier molecular flexibility index (Phi) is 4.22. The quantitative estimate of drug-likeness (QED) is 0.813. The van der Waals surface area contributed by atoms with Crippen LogP contribution >= 0.6 is 0 Å². The molecule has 2 rings (SSSR count). The Balaban J connectivity index is 2.02. The molecule has 0 saturated carbocycles. The lowest BCUT2D eigenvalue weighted by atomic mass is 10.1. The minimum Gasteiger partial charge on any atom is -0.481 e. The summed E-state index contributed by atoms with van der Waals surface area (Å²) in [5.74, 6) is 0.367. The lowest BCUT2D eigenvalue weighted by Crippen LogP contribution is -2.34. The number of aromatic nitrogens is 1. The van der Waals surface area contributed by atoms with Crippen LogP contribution < -0.4 is 4.74 Å². The van der Waals surface area contributed by atoms with Crippen LogP contribution in [0.1, 0.15) is 16.8 Å². The first-order chi connectivity index (χ1) is 9.52. The zero-order valence-corrected chi connectivity index (χ0v) is 12.0. The van der Waals surface area contributed by atoms with E-state index >= 15 is 0 Å². The predicted molar refractivity (Wildman–Crippen MR) is 73.5 cm³/mol.